The Morgan fingerprint density at radius 1 is 1.05 bits per heavy atom. The van der Waals surface area contributed by atoms with Gasteiger partial charge in [-0.15, -0.1) is 0 Å². The summed E-state index contributed by atoms with van der Waals surface area (Å²) in [5.41, 5.74) is 3.72. The summed E-state index contributed by atoms with van der Waals surface area (Å²) < 4.78 is 6.38. The number of rotatable bonds is 5. The Morgan fingerprint density at radius 3 is 2.42 bits per heavy atom. The van der Waals surface area contributed by atoms with Gasteiger partial charge in [0.05, 0.1) is 7.11 Å². The van der Waals surface area contributed by atoms with Crippen molar-refractivity contribution in [2.45, 2.75) is 20.0 Å². The van der Waals surface area contributed by atoms with Crippen molar-refractivity contribution >= 4 is 15.9 Å². The Bertz CT molecular complexity index is 554. The van der Waals surface area contributed by atoms with Crippen LogP contribution in [0, 0.1) is 6.92 Å². The normalized spacial score (nSPS) is 10.5. The van der Waals surface area contributed by atoms with E-state index < -0.39 is 0 Å². The van der Waals surface area contributed by atoms with Crippen LogP contribution in [0.5, 0.6) is 5.75 Å². The second-order valence-corrected chi connectivity index (χ2v) is 5.45. The van der Waals surface area contributed by atoms with Crippen molar-refractivity contribution in [1.29, 1.82) is 0 Å². The molecule has 0 unspecified atom stereocenters. The van der Waals surface area contributed by atoms with E-state index >= 15 is 0 Å². The quantitative estimate of drug-likeness (QED) is 0.897. The first-order valence-electron chi connectivity index (χ1n) is 6.27. The number of hydrogen-bond donors (Lipinski definition) is 1. The van der Waals surface area contributed by atoms with Gasteiger partial charge in [0.25, 0.3) is 0 Å². The minimum Gasteiger partial charge on any atom is -0.496 e. The molecule has 1 N–H and O–H groups in total. The fourth-order valence-electron chi connectivity index (χ4n) is 2.05. The lowest BCUT2D eigenvalue weighted by molar-refractivity contribution is 0.411. The van der Waals surface area contributed by atoms with Crippen LogP contribution in [0.3, 0.4) is 0 Å². The summed E-state index contributed by atoms with van der Waals surface area (Å²) in [7, 11) is 1.70. The Morgan fingerprint density at radius 2 is 1.79 bits per heavy atom. The topological polar surface area (TPSA) is 21.3 Å². The minimum absolute atomic E-state index is 0.858. The average molecular weight is 320 g/mol. The van der Waals surface area contributed by atoms with Gasteiger partial charge in [-0.2, -0.15) is 0 Å². The smallest absolute Gasteiger partial charge is 0.121 e. The molecule has 0 aliphatic heterocycles. The molecule has 100 valence electrons. The zero-order chi connectivity index (χ0) is 13.7. The van der Waals surface area contributed by atoms with Gasteiger partial charge in [-0.05, 0) is 41.8 Å². The maximum Gasteiger partial charge on any atom is 0.121 e. The molecular weight excluding hydrogens is 302 g/mol. The number of ether oxygens (including phenoxy) is 1. The van der Waals surface area contributed by atoms with Gasteiger partial charge in [0.15, 0.2) is 0 Å². The van der Waals surface area contributed by atoms with E-state index in [1.807, 2.05) is 12.1 Å². The zero-order valence-corrected chi connectivity index (χ0v) is 12.8. The molecule has 0 radical (unpaired) electrons. The van der Waals surface area contributed by atoms with E-state index in [-0.39, 0.29) is 0 Å². The van der Waals surface area contributed by atoms with Crippen molar-refractivity contribution in [2.75, 3.05) is 7.11 Å². The van der Waals surface area contributed by atoms with Gasteiger partial charge in [0.1, 0.15) is 5.75 Å². The molecule has 0 bridgehead atoms. The number of halogens is 1. The van der Waals surface area contributed by atoms with Crippen molar-refractivity contribution in [3.63, 3.8) is 0 Å². The summed E-state index contributed by atoms with van der Waals surface area (Å²) in [6.45, 7) is 3.79. The molecule has 0 aliphatic rings. The van der Waals surface area contributed by atoms with Crippen LogP contribution in [-0.4, -0.2) is 7.11 Å². The van der Waals surface area contributed by atoms with E-state index in [2.05, 4.69) is 58.5 Å². The van der Waals surface area contributed by atoms with E-state index in [9.17, 15) is 0 Å². The molecule has 2 aromatic rings. The summed E-state index contributed by atoms with van der Waals surface area (Å²) in [6, 6.07) is 14.6. The third-order valence-corrected chi connectivity index (χ3v) is 3.50. The second kappa shape index (κ2) is 6.73. The van der Waals surface area contributed by atoms with Gasteiger partial charge in [-0.25, -0.2) is 0 Å². The molecule has 2 nitrogen and oxygen atoms in total. The molecule has 2 rings (SSSR count). The van der Waals surface area contributed by atoms with E-state index in [0.29, 0.717) is 0 Å². The van der Waals surface area contributed by atoms with Crippen LogP contribution in [0.15, 0.2) is 46.9 Å². The molecule has 0 amide bonds. The number of methoxy groups -OCH3 is 1. The summed E-state index contributed by atoms with van der Waals surface area (Å²) in [4.78, 5) is 0. The molecule has 0 heterocycles. The fraction of sp³-hybridized carbons (Fsp3) is 0.250. The molecule has 0 saturated heterocycles. The van der Waals surface area contributed by atoms with Gasteiger partial charge in [0.2, 0.25) is 0 Å². The first kappa shape index (κ1) is 14.1. The van der Waals surface area contributed by atoms with Gasteiger partial charge in [-0.1, -0.05) is 40.2 Å². The second-order valence-electron chi connectivity index (χ2n) is 4.54. The Kier molecular flexibility index (Phi) is 5.00. The minimum atomic E-state index is 0.858. The highest BCUT2D eigenvalue weighted by molar-refractivity contribution is 9.10. The first-order chi connectivity index (χ1) is 9.19. The highest BCUT2D eigenvalue weighted by atomic mass is 79.9. The lowest BCUT2D eigenvalue weighted by Crippen LogP contribution is -2.12. The van der Waals surface area contributed by atoms with Crippen LogP contribution in [0.4, 0.5) is 0 Å². The standard InChI is InChI=1S/C16H18BrNO/c1-12-8-14(6-7-16(12)19-2)11-18-10-13-4-3-5-15(17)9-13/h3-9,18H,10-11H2,1-2H3. The maximum absolute atomic E-state index is 5.26. The van der Waals surface area contributed by atoms with Crippen molar-refractivity contribution in [1.82, 2.24) is 5.32 Å². The molecule has 3 heteroatoms. The predicted octanol–water partition coefficient (Wildman–Crippen LogP) is 4.06. The van der Waals surface area contributed by atoms with E-state index in [4.69, 9.17) is 4.74 Å². The molecule has 0 aliphatic carbocycles. The summed E-state index contributed by atoms with van der Waals surface area (Å²) in [5, 5.41) is 3.45. The van der Waals surface area contributed by atoms with Crippen molar-refractivity contribution in [2.24, 2.45) is 0 Å². The SMILES string of the molecule is COc1ccc(CNCc2cccc(Br)c2)cc1C. The lowest BCUT2D eigenvalue weighted by atomic mass is 10.1. The molecule has 0 spiro atoms. The molecule has 19 heavy (non-hydrogen) atoms. The van der Waals surface area contributed by atoms with Gasteiger partial charge in [-0.3, -0.25) is 0 Å². The van der Waals surface area contributed by atoms with Crippen molar-refractivity contribution in [3.05, 3.63) is 63.6 Å². The predicted molar refractivity (Wildman–Crippen MR) is 82.4 cm³/mol. The van der Waals surface area contributed by atoms with Gasteiger partial charge in [0, 0.05) is 17.6 Å². The molecule has 0 aromatic heterocycles. The monoisotopic (exact) mass is 319 g/mol. The van der Waals surface area contributed by atoms with Crippen LogP contribution < -0.4 is 10.1 Å². The Labute approximate surface area is 122 Å². The highest BCUT2D eigenvalue weighted by Crippen LogP contribution is 2.18. The van der Waals surface area contributed by atoms with Crippen molar-refractivity contribution in [3.8, 4) is 5.75 Å². The van der Waals surface area contributed by atoms with E-state index in [1.54, 1.807) is 7.11 Å². The molecular formula is C16H18BrNO. The summed E-state index contributed by atoms with van der Waals surface area (Å²) in [5.74, 6) is 0.940. The van der Waals surface area contributed by atoms with Gasteiger partial charge >= 0.3 is 0 Å². The Hall–Kier alpha value is -1.32. The lowest BCUT2D eigenvalue weighted by Gasteiger charge is -2.09. The number of benzene rings is 2. The van der Waals surface area contributed by atoms with Crippen LogP contribution >= 0.6 is 15.9 Å². The third-order valence-electron chi connectivity index (χ3n) is 3.01. The number of nitrogens with one attached hydrogen (secondary N) is 1. The third kappa shape index (κ3) is 4.08. The summed E-state index contributed by atoms with van der Waals surface area (Å²) >= 11 is 3.48. The van der Waals surface area contributed by atoms with E-state index in [1.165, 1.54) is 16.7 Å². The van der Waals surface area contributed by atoms with Crippen LogP contribution in [-0.2, 0) is 13.1 Å². The fourth-order valence-corrected chi connectivity index (χ4v) is 2.50. The molecule has 0 atom stereocenters. The molecule has 0 saturated carbocycles. The van der Waals surface area contributed by atoms with Crippen LogP contribution in [0.1, 0.15) is 16.7 Å². The average Bonchev–Trinajstić information content (AvgIpc) is 2.39. The molecule has 0 fully saturated rings. The maximum atomic E-state index is 5.26. The first-order valence-corrected chi connectivity index (χ1v) is 7.07. The number of aryl methyl sites for hydroxylation is 1. The van der Waals surface area contributed by atoms with Crippen molar-refractivity contribution < 1.29 is 4.74 Å². The zero-order valence-electron chi connectivity index (χ0n) is 11.2. The number of hydrogen-bond acceptors (Lipinski definition) is 2. The Balaban J connectivity index is 1.90. The van der Waals surface area contributed by atoms with E-state index in [0.717, 1.165) is 23.3 Å². The van der Waals surface area contributed by atoms with Crippen LogP contribution in [0.2, 0.25) is 0 Å². The van der Waals surface area contributed by atoms with Gasteiger partial charge < -0.3 is 10.1 Å². The van der Waals surface area contributed by atoms with Crippen LogP contribution in [0.25, 0.3) is 0 Å². The highest BCUT2D eigenvalue weighted by Gasteiger charge is 2.00. The largest absolute Gasteiger partial charge is 0.496 e. The molecule has 2 aromatic carbocycles. The summed E-state index contributed by atoms with van der Waals surface area (Å²) in [6.07, 6.45) is 0.